The van der Waals surface area contributed by atoms with Gasteiger partial charge in [0.25, 0.3) is 5.69 Å². The first kappa shape index (κ1) is 13.5. The number of anilines is 1. The number of hydrogen-bond donors (Lipinski definition) is 2. The Morgan fingerprint density at radius 1 is 1.50 bits per heavy atom. The molecule has 1 heterocycles. The van der Waals surface area contributed by atoms with Gasteiger partial charge in [0.05, 0.1) is 17.0 Å². The van der Waals surface area contributed by atoms with Gasteiger partial charge in [0.1, 0.15) is 5.69 Å². The summed E-state index contributed by atoms with van der Waals surface area (Å²) in [5.74, 6) is -1.13. The lowest BCUT2D eigenvalue weighted by Gasteiger charge is -2.08. The molecule has 2 rings (SSSR count). The Bertz CT molecular complexity index is 624. The number of nitro groups is 1. The lowest BCUT2D eigenvalue weighted by molar-refractivity contribution is -0.384. The molecule has 2 aromatic rings. The molecule has 0 aliphatic carbocycles. The van der Waals surface area contributed by atoms with Gasteiger partial charge >= 0.3 is 5.97 Å². The number of aromatic nitrogens is 2. The van der Waals surface area contributed by atoms with Crippen LogP contribution in [0.4, 0.5) is 11.4 Å². The molecule has 0 saturated heterocycles. The highest BCUT2D eigenvalue weighted by molar-refractivity contribution is 5.90. The van der Waals surface area contributed by atoms with Crippen LogP contribution >= 0.6 is 0 Å². The van der Waals surface area contributed by atoms with E-state index in [0.29, 0.717) is 13.1 Å². The highest BCUT2D eigenvalue weighted by Crippen LogP contribution is 2.25. The van der Waals surface area contributed by atoms with Gasteiger partial charge in [-0.15, -0.1) is 0 Å². The molecule has 0 amide bonds. The molecule has 2 N–H and O–H groups in total. The van der Waals surface area contributed by atoms with Crippen LogP contribution in [0.2, 0.25) is 0 Å². The summed E-state index contributed by atoms with van der Waals surface area (Å²) in [6.45, 7) is 0.910. The fourth-order valence-corrected chi connectivity index (χ4v) is 1.71. The zero-order valence-corrected chi connectivity index (χ0v) is 10.4. The Labute approximate surface area is 113 Å². The normalized spacial score (nSPS) is 10.2. The molecule has 0 aliphatic rings. The number of nitro benzene ring substituents is 1. The number of carboxylic acid groups (broad SMARTS) is 1. The van der Waals surface area contributed by atoms with E-state index in [1.54, 1.807) is 23.1 Å². The summed E-state index contributed by atoms with van der Waals surface area (Å²) in [7, 11) is 0. The van der Waals surface area contributed by atoms with E-state index in [1.807, 2.05) is 0 Å². The van der Waals surface area contributed by atoms with Crippen molar-refractivity contribution in [3.63, 3.8) is 0 Å². The van der Waals surface area contributed by atoms with Gasteiger partial charge in [-0.3, -0.25) is 14.8 Å². The summed E-state index contributed by atoms with van der Waals surface area (Å²) in [5.41, 5.74) is 0.0229. The third-order valence-corrected chi connectivity index (χ3v) is 2.66. The zero-order valence-electron chi connectivity index (χ0n) is 10.4. The van der Waals surface area contributed by atoms with Crippen molar-refractivity contribution in [2.75, 3.05) is 11.9 Å². The number of nitrogens with zero attached hydrogens (tertiary/aromatic N) is 3. The van der Waals surface area contributed by atoms with Gasteiger partial charge in [-0.25, -0.2) is 4.79 Å². The van der Waals surface area contributed by atoms with E-state index in [2.05, 4.69) is 10.4 Å². The molecule has 0 saturated carbocycles. The van der Waals surface area contributed by atoms with Crippen molar-refractivity contribution in [3.05, 3.63) is 52.3 Å². The minimum atomic E-state index is -1.13. The number of rotatable bonds is 6. The predicted octanol–water partition coefficient (Wildman–Crippen LogP) is 1.60. The molecule has 104 valence electrons. The molecule has 0 fully saturated rings. The second-order valence-corrected chi connectivity index (χ2v) is 3.99. The van der Waals surface area contributed by atoms with Crippen LogP contribution in [0.15, 0.2) is 36.7 Å². The largest absolute Gasteiger partial charge is 0.478 e. The smallest absolute Gasteiger partial charge is 0.335 e. The Balaban J connectivity index is 2.13. The molecule has 0 bridgehead atoms. The molecule has 0 spiro atoms. The van der Waals surface area contributed by atoms with Crippen molar-refractivity contribution in [2.24, 2.45) is 0 Å². The van der Waals surface area contributed by atoms with Crippen LogP contribution in [0.5, 0.6) is 0 Å². The van der Waals surface area contributed by atoms with Crippen molar-refractivity contribution in [1.82, 2.24) is 9.78 Å². The molecular formula is C12H12N4O4. The molecule has 1 aromatic heterocycles. The van der Waals surface area contributed by atoms with Gasteiger partial charge in [-0.1, -0.05) is 0 Å². The second-order valence-electron chi connectivity index (χ2n) is 3.99. The van der Waals surface area contributed by atoms with Crippen molar-refractivity contribution in [3.8, 4) is 0 Å². The third-order valence-electron chi connectivity index (χ3n) is 2.66. The average Bonchev–Trinajstić information content (AvgIpc) is 2.91. The Morgan fingerprint density at radius 3 is 2.90 bits per heavy atom. The van der Waals surface area contributed by atoms with E-state index in [-0.39, 0.29) is 16.9 Å². The SMILES string of the molecule is O=C(O)c1ccc([N+](=O)[O-])c(NCCn2cccn2)c1. The fraction of sp³-hybridized carbons (Fsp3) is 0.167. The van der Waals surface area contributed by atoms with E-state index < -0.39 is 10.9 Å². The lowest BCUT2D eigenvalue weighted by Crippen LogP contribution is -2.12. The lowest BCUT2D eigenvalue weighted by atomic mass is 10.1. The van der Waals surface area contributed by atoms with Crippen LogP contribution < -0.4 is 5.32 Å². The monoisotopic (exact) mass is 276 g/mol. The molecule has 0 aliphatic heterocycles. The standard InChI is InChI=1S/C12H12N4O4/c17-12(18)9-2-3-11(16(19)20)10(8-9)13-5-7-15-6-1-4-14-15/h1-4,6,8,13H,5,7H2,(H,17,18). The van der Waals surface area contributed by atoms with Gasteiger partial charge < -0.3 is 10.4 Å². The number of nitrogens with one attached hydrogen (secondary N) is 1. The van der Waals surface area contributed by atoms with Crippen LogP contribution in [0, 0.1) is 10.1 Å². The number of hydrogen-bond acceptors (Lipinski definition) is 5. The van der Waals surface area contributed by atoms with E-state index >= 15 is 0 Å². The fourth-order valence-electron chi connectivity index (χ4n) is 1.71. The van der Waals surface area contributed by atoms with Gasteiger partial charge in [-0.2, -0.15) is 5.10 Å². The van der Waals surface area contributed by atoms with Gasteiger partial charge in [0.15, 0.2) is 0 Å². The van der Waals surface area contributed by atoms with Crippen LogP contribution in [0.1, 0.15) is 10.4 Å². The van der Waals surface area contributed by atoms with Crippen LogP contribution in [0.3, 0.4) is 0 Å². The van der Waals surface area contributed by atoms with Crippen molar-refractivity contribution in [1.29, 1.82) is 0 Å². The first-order valence-corrected chi connectivity index (χ1v) is 5.81. The topological polar surface area (TPSA) is 110 Å². The summed E-state index contributed by atoms with van der Waals surface area (Å²) >= 11 is 0. The second kappa shape index (κ2) is 5.83. The minimum absolute atomic E-state index is 0.00260. The van der Waals surface area contributed by atoms with Crippen LogP contribution in [-0.2, 0) is 6.54 Å². The Morgan fingerprint density at radius 2 is 2.30 bits per heavy atom. The quantitative estimate of drug-likeness (QED) is 0.612. The van der Waals surface area contributed by atoms with E-state index in [4.69, 9.17) is 5.11 Å². The maximum absolute atomic E-state index is 10.9. The van der Waals surface area contributed by atoms with Crippen molar-refractivity contribution < 1.29 is 14.8 Å². The van der Waals surface area contributed by atoms with Crippen molar-refractivity contribution in [2.45, 2.75) is 6.54 Å². The average molecular weight is 276 g/mol. The summed E-state index contributed by atoms with van der Waals surface area (Å²) in [6, 6.07) is 5.41. The molecule has 8 nitrogen and oxygen atoms in total. The number of benzene rings is 1. The number of carboxylic acids is 1. The van der Waals surface area contributed by atoms with Crippen LogP contribution in [0.25, 0.3) is 0 Å². The van der Waals surface area contributed by atoms with Crippen LogP contribution in [-0.4, -0.2) is 32.3 Å². The highest BCUT2D eigenvalue weighted by Gasteiger charge is 2.16. The van der Waals surface area contributed by atoms with E-state index in [9.17, 15) is 14.9 Å². The number of aromatic carboxylic acids is 1. The van der Waals surface area contributed by atoms with Crippen molar-refractivity contribution >= 4 is 17.3 Å². The summed E-state index contributed by atoms with van der Waals surface area (Å²) < 4.78 is 1.67. The van der Waals surface area contributed by atoms with Gasteiger partial charge in [0, 0.05) is 25.0 Å². The summed E-state index contributed by atoms with van der Waals surface area (Å²) in [4.78, 5) is 21.2. The van der Waals surface area contributed by atoms with E-state index in [0.717, 1.165) is 0 Å². The first-order valence-electron chi connectivity index (χ1n) is 5.81. The Hall–Kier alpha value is -2.90. The molecular weight excluding hydrogens is 264 g/mol. The number of carbonyl (C=O) groups is 1. The van der Waals surface area contributed by atoms with E-state index in [1.165, 1.54) is 18.2 Å². The molecule has 20 heavy (non-hydrogen) atoms. The predicted molar refractivity (Wildman–Crippen MR) is 70.8 cm³/mol. The molecule has 1 aromatic carbocycles. The summed E-state index contributed by atoms with van der Waals surface area (Å²) in [6.07, 6.45) is 3.40. The summed E-state index contributed by atoms with van der Waals surface area (Å²) in [5, 5.41) is 26.7. The maximum Gasteiger partial charge on any atom is 0.335 e. The minimum Gasteiger partial charge on any atom is -0.478 e. The first-order chi connectivity index (χ1) is 9.58. The maximum atomic E-state index is 10.9. The van der Waals surface area contributed by atoms with Gasteiger partial charge in [-0.05, 0) is 18.2 Å². The molecule has 0 unspecified atom stereocenters. The molecule has 8 heteroatoms. The third kappa shape index (κ3) is 3.10. The molecule has 0 radical (unpaired) electrons. The van der Waals surface area contributed by atoms with Gasteiger partial charge in [0.2, 0.25) is 0 Å². The molecule has 0 atom stereocenters. The zero-order chi connectivity index (χ0) is 14.5. The highest BCUT2D eigenvalue weighted by atomic mass is 16.6. The Kier molecular flexibility index (Phi) is 3.94.